The molecule has 5 rings (SSSR count). The van der Waals surface area contributed by atoms with E-state index in [9.17, 15) is 0 Å². The van der Waals surface area contributed by atoms with Gasteiger partial charge in [0.2, 0.25) is 5.89 Å². The number of anilines is 1. The van der Waals surface area contributed by atoms with E-state index in [4.69, 9.17) is 16.0 Å². The normalized spacial score (nSPS) is 39.7. The molecule has 4 bridgehead atoms. The maximum atomic E-state index is 5.70. The van der Waals surface area contributed by atoms with E-state index in [0.29, 0.717) is 24.2 Å². The lowest BCUT2D eigenvalue weighted by atomic mass is 9.53. The second-order valence-corrected chi connectivity index (χ2v) is 7.14. The van der Waals surface area contributed by atoms with Crippen LogP contribution in [0.15, 0.2) is 4.42 Å². The first-order chi connectivity index (χ1) is 9.25. The highest BCUT2D eigenvalue weighted by Crippen LogP contribution is 2.56. The Hall–Kier alpha value is -0.770. The van der Waals surface area contributed by atoms with Crippen molar-refractivity contribution < 1.29 is 4.42 Å². The van der Waals surface area contributed by atoms with Crippen molar-refractivity contribution in [2.24, 2.45) is 17.8 Å². The molecule has 4 aliphatic carbocycles. The number of aryl methyl sites for hydroxylation is 1. The van der Waals surface area contributed by atoms with E-state index in [-0.39, 0.29) is 5.54 Å². The Bertz CT molecular complexity index is 438. The quantitative estimate of drug-likeness (QED) is 0.861. The Morgan fingerprint density at radius 3 is 2.32 bits per heavy atom. The van der Waals surface area contributed by atoms with Crippen LogP contribution in [-0.2, 0) is 6.42 Å². The Morgan fingerprint density at radius 2 is 1.74 bits per heavy atom. The van der Waals surface area contributed by atoms with Gasteiger partial charge in [0.25, 0.3) is 0 Å². The highest BCUT2D eigenvalue weighted by atomic mass is 35.5. The number of alkyl halides is 1. The largest absolute Gasteiger partial charge is 0.408 e. The van der Waals surface area contributed by atoms with Gasteiger partial charge in [-0.15, -0.1) is 16.7 Å². The monoisotopic (exact) mass is 281 g/mol. The first-order valence-corrected chi connectivity index (χ1v) is 7.95. The lowest BCUT2D eigenvalue weighted by molar-refractivity contribution is 0.00959. The number of hydrogen-bond acceptors (Lipinski definition) is 4. The lowest BCUT2D eigenvalue weighted by Crippen LogP contribution is -2.54. The van der Waals surface area contributed by atoms with Crippen molar-refractivity contribution in [3.63, 3.8) is 0 Å². The fourth-order valence-corrected chi connectivity index (χ4v) is 5.14. The van der Waals surface area contributed by atoms with E-state index in [1.807, 2.05) is 0 Å². The SMILES string of the molecule is ClCCc1nnc(NC23CC4CC(CC(C4)C2)C3)o1. The average molecular weight is 282 g/mol. The van der Waals surface area contributed by atoms with Crippen LogP contribution >= 0.6 is 11.6 Å². The smallest absolute Gasteiger partial charge is 0.315 e. The number of aromatic nitrogens is 2. The van der Waals surface area contributed by atoms with Crippen LogP contribution in [0, 0.1) is 17.8 Å². The molecule has 4 aliphatic rings. The van der Waals surface area contributed by atoms with Gasteiger partial charge in [0.1, 0.15) is 0 Å². The van der Waals surface area contributed by atoms with Crippen molar-refractivity contribution >= 4 is 17.6 Å². The molecule has 4 fully saturated rings. The third-order valence-electron chi connectivity index (χ3n) is 5.19. The van der Waals surface area contributed by atoms with Crippen molar-refractivity contribution in [1.82, 2.24) is 10.2 Å². The van der Waals surface area contributed by atoms with Crippen molar-refractivity contribution in [3.8, 4) is 0 Å². The molecule has 0 aliphatic heterocycles. The Kier molecular flexibility index (Phi) is 2.76. The molecule has 1 N–H and O–H groups in total. The van der Waals surface area contributed by atoms with E-state index < -0.39 is 0 Å². The molecule has 0 aromatic carbocycles. The zero-order chi connectivity index (χ0) is 12.9. The van der Waals surface area contributed by atoms with E-state index in [1.54, 1.807) is 0 Å². The van der Waals surface area contributed by atoms with Crippen LogP contribution < -0.4 is 5.32 Å². The minimum Gasteiger partial charge on any atom is -0.408 e. The molecule has 1 aromatic heterocycles. The van der Waals surface area contributed by atoms with Crippen LogP contribution in [-0.4, -0.2) is 21.6 Å². The van der Waals surface area contributed by atoms with Crippen LogP contribution in [0.4, 0.5) is 6.01 Å². The number of hydrogen-bond donors (Lipinski definition) is 1. The molecule has 104 valence electrons. The molecule has 1 aromatic rings. The molecule has 0 unspecified atom stereocenters. The first-order valence-electron chi connectivity index (χ1n) is 7.41. The van der Waals surface area contributed by atoms with Crippen molar-refractivity contribution in [1.29, 1.82) is 0 Å². The van der Waals surface area contributed by atoms with Gasteiger partial charge in [-0.3, -0.25) is 0 Å². The summed E-state index contributed by atoms with van der Waals surface area (Å²) in [6.07, 6.45) is 8.84. The lowest BCUT2D eigenvalue weighted by Gasteiger charge is -2.56. The number of nitrogens with one attached hydrogen (secondary N) is 1. The third-order valence-corrected chi connectivity index (χ3v) is 5.37. The molecule has 19 heavy (non-hydrogen) atoms. The van der Waals surface area contributed by atoms with Gasteiger partial charge in [0, 0.05) is 17.8 Å². The minimum absolute atomic E-state index is 0.236. The van der Waals surface area contributed by atoms with E-state index in [1.165, 1.54) is 38.5 Å². The van der Waals surface area contributed by atoms with Gasteiger partial charge in [-0.05, 0) is 56.3 Å². The Morgan fingerprint density at radius 1 is 1.11 bits per heavy atom. The van der Waals surface area contributed by atoms with Gasteiger partial charge in [0.15, 0.2) is 0 Å². The fraction of sp³-hybridized carbons (Fsp3) is 0.857. The summed E-state index contributed by atoms with van der Waals surface area (Å²) in [5.41, 5.74) is 0.236. The molecule has 0 spiro atoms. The van der Waals surface area contributed by atoms with Crippen LogP contribution in [0.25, 0.3) is 0 Å². The molecular formula is C14H20ClN3O. The number of nitrogens with zero attached hydrogens (tertiary/aromatic N) is 2. The van der Waals surface area contributed by atoms with Crippen molar-refractivity contribution in [2.75, 3.05) is 11.2 Å². The maximum Gasteiger partial charge on any atom is 0.315 e. The van der Waals surface area contributed by atoms with Gasteiger partial charge in [-0.1, -0.05) is 5.10 Å². The van der Waals surface area contributed by atoms with Gasteiger partial charge in [-0.2, -0.15) is 0 Å². The summed E-state index contributed by atoms with van der Waals surface area (Å²) in [6, 6.07) is 0.599. The Labute approximate surface area is 118 Å². The second-order valence-electron chi connectivity index (χ2n) is 6.76. The van der Waals surface area contributed by atoms with Crippen molar-refractivity contribution in [2.45, 2.75) is 50.5 Å². The molecule has 0 radical (unpaired) electrons. The van der Waals surface area contributed by atoms with Gasteiger partial charge in [-0.25, -0.2) is 0 Å². The summed E-state index contributed by atoms with van der Waals surface area (Å²) in [5, 5.41) is 11.7. The zero-order valence-electron chi connectivity index (χ0n) is 11.1. The second kappa shape index (κ2) is 4.37. The molecule has 0 saturated heterocycles. The first kappa shape index (κ1) is 12.0. The standard InChI is InChI=1S/C14H20ClN3O/c15-2-1-12-17-18-13(19-12)16-14-6-9-3-10(7-14)5-11(4-9)8-14/h9-11H,1-8H2,(H,16,18). The van der Waals surface area contributed by atoms with E-state index in [2.05, 4.69) is 15.5 Å². The number of halogens is 1. The van der Waals surface area contributed by atoms with E-state index >= 15 is 0 Å². The number of rotatable bonds is 4. The molecule has 5 heteroatoms. The van der Waals surface area contributed by atoms with Crippen LogP contribution in [0.1, 0.15) is 44.4 Å². The highest BCUT2D eigenvalue weighted by molar-refractivity contribution is 6.17. The predicted molar refractivity (Wildman–Crippen MR) is 73.2 cm³/mol. The molecule has 4 nitrogen and oxygen atoms in total. The summed E-state index contributed by atoms with van der Waals surface area (Å²) in [5.74, 6) is 3.93. The summed E-state index contributed by atoms with van der Waals surface area (Å²) in [4.78, 5) is 0. The zero-order valence-corrected chi connectivity index (χ0v) is 11.8. The maximum absolute atomic E-state index is 5.70. The van der Waals surface area contributed by atoms with Crippen LogP contribution in [0.3, 0.4) is 0 Å². The summed E-state index contributed by atoms with van der Waals surface area (Å²) in [7, 11) is 0. The topological polar surface area (TPSA) is 51.0 Å². The predicted octanol–water partition coefficient (Wildman–Crippen LogP) is 3.23. The highest BCUT2D eigenvalue weighted by Gasteiger charge is 2.51. The van der Waals surface area contributed by atoms with Crippen LogP contribution in [0.2, 0.25) is 0 Å². The molecule has 0 amide bonds. The van der Waals surface area contributed by atoms with Gasteiger partial charge >= 0.3 is 6.01 Å². The molecule has 1 heterocycles. The third kappa shape index (κ3) is 2.14. The van der Waals surface area contributed by atoms with E-state index in [0.717, 1.165) is 17.8 Å². The summed E-state index contributed by atoms with van der Waals surface area (Å²) >= 11 is 5.70. The Balaban J connectivity index is 1.52. The minimum atomic E-state index is 0.236. The summed E-state index contributed by atoms with van der Waals surface area (Å²) in [6.45, 7) is 0. The molecule has 0 atom stereocenters. The van der Waals surface area contributed by atoms with Crippen molar-refractivity contribution in [3.05, 3.63) is 5.89 Å². The van der Waals surface area contributed by atoms with Crippen LogP contribution in [0.5, 0.6) is 0 Å². The fourth-order valence-electron chi connectivity index (χ4n) is 4.98. The van der Waals surface area contributed by atoms with Gasteiger partial charge < -0.3 is 9.73 Å². The summed E-state index contributed by atoms with van der Waals surface area (Å²) < 4.78 is 5.65. The van der Waals surface area contributed by atoms with Gasteiger partial charge in [0.05, 0.1) is 0 Å². The molecular weight excluding hydrogens is 262 g/mol. The average Bonchev–Trinajstić information content (AvgIpc) is 2.74. The molecule has 4 saturated carbocycles.